The molecule has 0 heterocycles. The average Bonchev–Trinajstić information content (AvgIpc) is 1.86. The number of carbonyl (C=O) groups is 1. The maximum absolute atomic E-state index is 12.2. The highest BCUT2D eigenvalue weighted by Gasteiger charge is 2.42. The van der Waals surface area contributed by atoms with Crippen LogP contribution in [0.1, 0.15) is 0 Å². The molecule has 0 bridgehead atoms. The maximum atomic E-state index is 12.2. The molecule has 1 unspecified atom stereocenters. The zero-order valence-corrected chi connectivity index (χ0v) is 5.95. The predicted octanol–water partition coefficient (Wildman–Crippen LogP) is 1.84. The first-order valence-corrected chi connectivity index (χ1v) is 2.79. The van der Waals surface area contributed by atoms with Crippen molar-refractivity contribution in [1.29, 1.82) is 0 Å². The molecule has 0 spiro atoms. The van der Waals surface area contributed by atoms with Crippen LogP contribution in [0.2, 0.25) is 0 Å². The first-order chi connectivity index (χ1) is 4.90. The third-order valence-electron chi connectivity index (χ3n) is 0.657. The number of carbonyl (C=O) groups excluding carboxylic acids is 1. The van der Waals surface area contributed by atoms with Gasteiger partial charge in [-0.05, 0) is 11.6 Å². The van der Waals surface area contributed by atoms with Gasteiger partial charge in [0.05, 0.1) is 0 Å². The Morgan fingerprint density at radius 3 is 2.45 bits per heavy atom. The summed E-state index contributed by atoms with van der Waals surface area (Å²) in [4.78, 5) is 10.1. The van der Waals surface area contributed by atoms with Gasteiger partial charge in [-0.25, -0.2) is 13.6 Å². The summed E-state index contributed by atoms with van der Waals surface area (Å²) >= 11 is 4.44. The Kier molecular flexibility index (Phi) is 3.38. The van der Waals surface area contributed by atoms with E-state index in [9.17, 15) is 18.0 Å². The van der Waals surface area contributed by atoms with Gasteiger partial charge in [0, 0.05) is 6.08 Å². The minimum atomic E-state index is -3.76. The lowest BCUT2D eigenvalue weighted by molar-refractivity contribution is -0.182. The summed E-state index contributed by atoms with van der Waals surface area (Å²) in [7, 11) is 0. The van der Waals surface area contributed by atoms with Crippen LogP contribution in [0.4, 0.5) is 13.2 Å². The lowest BCUT2D eigenvalue weighted by Crippen LogP contribution is -2.30. The van der Waals surface area contributed by atoms with Gasteiger partial charge in [-0.3, -0.25) is 0 Å². The molecule has 0 aliphatic rings. The Labute approximate surface area is 65.6 Å². The molecule has 1 atom stereocenters. The molecule has 0 saturated heterocycles. The fourth-order valence-corrected chi connectivity index (χ4v) is 0.296. The minimum absolute atomic E-state index is 0.527. The molecule has 0 aromatic carbocycles. The normalized spacial score (nSPS) is 15.7. The van der Waals surface area contributed by atoms with Crippen molar-refractivity contribution in [3.63, 3.8) is 0 Å². The molecule has 2 nitrogen and oxygen atoms in total. The zero-order chi connectivity index (χ0) is 9.07. The van der Waals surface area contributed by atoms with E-state index in [4.69, 9.17) is 0 Å². The molecule has 64 valence electrons. The van der Waals surface area contributed by atoms with Gasteiger partial charge in [-0.2, -0.15) is 4.39 Å². The van der Waals surface area contributed by atoms with Crippen LogP contribution in [-0.2, 0) is 9.53 Å². The van der Waals surface area contributed by atoms with Crippen molar-refractivity contribution < 1.29 is 22.7 Å². The van der Waals surface area contributed by atoms with E-state index in [2.05, 4.69) is 22.9 Å². The molecule has 0 rings (SSSR count). The standard InChI is InChI=1S/C5H4ClF3O2/c1-2-3(10)11-5(6,9)4(7)8/h2,4H,1H2. The Bertz CT molecular complexity index is 169. The van der Waals surface area contributed by atoms with Gasteiger partial charge in [-0.1, -0.05) is 6.58 Å². The maximum Gasteiger partial charge on any atom is 0.390 e. The lowest BCUT2D eigenvalue weighted by atomic mass is 10.6. The fourth-order valence-electron chi connectivity index (χ4n) is 0.220. The van der Waals surface area contributed by atoms with Crippen molar-refractivity contribution in [3.05, 3.63) is 12.7 Å². The number of ether oxygens (including phenoxy) is 1. The zero-order valence-electron chi connectivity index (χ0n) is 5.19. The number of halogens is 4. The van der Waals surface area contributed by atoms with Crippen molar-refractivity contribution >= 4 is 17.6 Å². The third-order valence-corrected chi connectivity index (χ3v) is 0.899. The Morgan fingerprint density at radius 1 is 1.73 bits per heavy atom. The molecule has 0 N–H and O–H groups in total. The summed E-state index contributed by atoms with van der Waals surface area (Å²) in [6, 6.07) is 0. The summed E-state index contributed by atoms with van der Waals surface area (Å²) in [6.45, 7) is 2.86. The van der Waals surface area contributed by atoms with E-state index in [1.54, 1.807) is 0 Å². The third kappa shape index (κ3) is 3.27. The number of hydrogen-bond acceptors (Lipinski definition) is 2. The van der Waals surface area contributed by atoms with Crippen LogP contribution < -0.4 is 0 Å². The van der Waals surface area contributed by atoms with Crippen LogP contribution in [0.5, 0.6) is 0 Å². The molecule has 11 heavy (non-hydrogen) atoms. The second-order valence-electron chi connectivity index (χ2n) is 1.49. The predicted molar refractivity (Wildman–Crippen MR) is 32.0 cm³/mol. The largest absolute Gasteiger partial charge is 0.406 e. The molecule has 0 saturated carbocycles. The molecule has 0 fully saturated rings. The van der Waals surface area contributed by atoms with Gasteiger partial charge in [0.2, 0.25) is 0 Å². The Balaban J connectivity index is 4.11. The molecule has 0 aliphatic heterocycles. The van der Waals surface area contributed by atoms with E-state index in [-0.39, 0.29) is 0 Å². The van der Waals surface area contributed by atoms with Crippen LogP contribution in [-0.4, -0.2) is 17.7 Å². The Morgan fingerprint density at radius 2 is 2.18 bits per heavy atom. The van der Waals surface area contributed by atoms with E-state index in [1.165, 1.54) is 0 Å². The molecule has 0 aromatic rings. The number of esters is 1. The SMILES string of the molecule is C=CC(=O)OC(F)(Cl)C(F)F. The van der Waals surface area contributed by atoms with Crippen molar-refractivity contribution in [2.24, 2.45) is 0 Å². The van der Waals surface area contributed by atoms with Crippen LogP contribution in [0, 0.1) is 0 Å². The van der Waals surface area contributed by atoms with E-state index in [1.807, 2.05) is 0 Å². The van der Waals surface area contributed by atoms with E-state index in [0.29, 0.717) is 6.08 Å². The van der Waals surface area contributed by atoms with Gasteiger partial charge >= 0.3 is 17.7 Å². The monoisotopic (exact) mass is 188 g/mol. The van der Waals surface area contributed by atoms with Crippen molar-refractivity contribution in [1.82, 2.24) is 0 Å². The molecule has 6 heteroatoms. The van der Waals surface area contributed by atoms with Crippen molar-refractivity contribution in [2.75, 3.05) is 0 Å². The second kappa shape index (κ2) is 3.61. The van der Waals surface area contributed by atoms with Gasteiger partial charge in [0.1, 0.15) is 0 Å². The second-order valence-corrected chi connectivity index (χ2v) is 2.00. The average molecular weight is 189 g/mol. The summed E-state index contributed by atoms with van der Waals surface area (Å²) < 4.78 is 38.6. The first kappa shape index (κ1) is 10.3. The van der Waals surface area contributed by atoms with Gasteiger partial charge in [0.25, 0.3) is 0 Å². The van der Waals surface area contributed by atoms with Crippen LogP contribution in [0.3, 0.4) is 0 Å². The smallest absolute Gasteiger partial charge is 0.390 e. The number of alkyl halides is 4. The molecule has 0 radical (unpaired) electrons. The molecule has 0 amide bonds. The van der Waals surface area contributed by atoms with Crippen LogP contribution in [0.15, 0.2) is 12.7 Å². The molecule has 0 aromatic heterocycles. The lowest BCUT2D eigenvalue weighted by Gasteiger charge is -2.15. The minimum Gasteiger partial charge on any atom is -0.406 e. The van der Waals surface area contributed by atoms with Crippen LogP contribution >= 0.6 is 11.6 Å². The Hall–Kier alpha value is -0.710. The number of rotatable bonds is 3. The summed E-state index contributed by atoms with van der Waals surface area (Å²) in [6.07, 6.45) is -3.06. The highest BCUT2D eigenvalue weighted by Crippen LogP contribution is 2.27. The van der Waals surface area contributed by atoms with Crippen LogP contribution in [0.25, 0.3) is 0 Å². The summed E-state index contributed by atoms with van der Waals surface area (Å²) in [5.74, 6) is -1.34. The van der Waals surface area contributed by atoms with Gasteiger partial charge in [0.15, 0.2) is 0 Å². The van der Waals surface area contributed by atoms with Crippen molar-refractivity contribution in [2.45, 2.75) is 11.7 Å². The molecule has 0 aliphatic carbocycles. The highest BCUT2D eigenvalue weighted by atomic mass is 35.5. The van der Waals surface area contributed by atoms with E-state index >= 15 is 0 Å². The van der Waals surface area contributed by atoms with Gasteiger partial charge in [-0.15, -0.1) is 0 Å². The highest BCUT2D eigenvalue weighted by molar-refractivity contribution is 6.22. The fraction of sp³-hybridized carbons (Fsp3) is 0.400. The number of hydrogen-bond donors (Lipinski definition) is 0. The van der Waals surface area contributed by atoms with E-state index in [0.717, 1.165) is 0 Å². The first-order valence-electron chi connectivity index (χ1n) is 2.41. The van der Waals surface area contributed by atoms with E-state index < -0.39 is 17.7 Å². The summed E-state index contributed by atoms with van der Waals surface area (Å²) in [5, 5.41) is -3.76. The molecular weight excluding hydrogens is 184 g/mol. The summed E-state index contributed by atoms with van der Waals surface area (Å²) in [5.41, 5.74) is 0. The van der Waals surface area contributed by atoms with Gasteiger partial charge < -0.3 is 4.74 Å². The quantitative estimate of drug-likeness (QED) is 0.384. The molecular formula is C5H4ClF3O2. The topological polar surface area (TPSA) is 26.3 Å². The van der Waals surface area contributed by atoms with Crippen molar-refractivity contribution in [3.8, 4) is 0 Å².